The molecule has 0 aliphatic carbocycles. The van der Waals surface area contributed by atoms with Crippen molar-refractivity contribution in [3.05, 3.63) is 35.4 Å². The minimum absolute atomic E-state index is 0.151. The van der Waals surface area contributed by atoms with E-state index < -0.39 is 17.2 Å². The molecule has 0 radical (unpaired) electrons. The zero-order valence-electron chi connectivity index (χ0n) is 13.4. The van der Waals surface area contributed by atoms with E-state index in [9.17, 15) is 13.6 Å². The van der Waals surface area contributed by atoms with Crippen molar-refractivity contribution >= 4 is 6.09 Å². The van der Waals surface area contributed by atoms with Crippen molar-refractivity contribution < 1.29 is 18.3 Å². The lowest BCUT2D eigenvalue weighted by Crippen LogP contribution is -2.42. The molecule has 1 saturated heterocycles. The van der Waals surface area contributed by atoms with E-state index in [1.165, 1.54) is 18.2 Å². The normalized spacial score (nSPS) is 16.7. The Bertz CT molecular complexity index is 512. The Balaban J connectivity index is 1.89. The van der Waals surface area contributed by atoms with Gasteiger partial charge in [-0.2, -0.15) is 0 Å². The second-order valence-electron chi connectivity index (χ2n) is 6.82. The summed E-state index contributed by atoms with van der Waals surface area (Å²) in [6, 6.07) is 3.95. The predicted octanol–water partition coefficient (Wildman–Crippen LogP) is 4.15. The van der Waals surface area contributed by atoms with Gasteiger partial charge in [0.25, 0.3) is 0 Å². The highest BCUT2D eigenvalue weighted by atomic mass is 19.1. The molecule has 1 heterocycles. The van der Waals surface area contributed by atoms with Gasteiger partial charge in [0.15, 0.2) is 0 Å². The van der Waals surface area contributed by atoms with Gasteiger partial charge in [-0.25, -0.2) is 13.6 Å². The van der Waals surface area contributed by atoms with Gasteiger partial charge in [-0.3, -0.25) is 0 Å². The summed E-state index contributed by atoms with van der Waals surface area (Å²) in [6.45, 7) is 6.63. The van der Waals surface area contributed by atoms with Gasteiger partial charge in [-0.05, 0) is 58.1 Å². The van der Waals surface area contributed by atoms with Crippen molar-refractivity contribution in [3.8, 4) is 0 Å². The molecule has 0 N–H and O–H groups in total. The van der Waals surface area contributed by atoms with Crippen LogP contribution in [0.15, 0.2) is 18.2 Å². The number of halogens is 2. The number of piperidine rings is 1. The zero-order chi connectivity index (χ0) is 16.3. The van der Waals surface area contributed by atoms with Crippen LogP contribution < -0.4 is 0 Å². The van der Waals surface area contributed by atoms with Gasteiger partial charge in [0, 0.05) is 18.7 Å². The zero-order valence-corrected chi connectivity index (χ0v) is 13.4. The molecule has 0 bridgehead atoms. The molecule has 1 amide bonds. The third kappa shape index (κ3) is 4.42. The first-order valence-electron chi connectivity index (χ1n) is 7.67. The van der Waals surface area contributed by atoms with Crippen LogP contribution in [0.25, 0.3) is 0 Å². The van der Waals surface area contributed by atoms with E-state index in [4.69, 9.17) is 4.74 Å². The fourth-order valence-electron chi connectivity index (χ4n) is 2.66. The van der Waals surface area contributed by atoms with Crippen molar-refractivity contribution in [2.75, 3.05) is 13.1 Å². The van der Waals surface area contributed by atoms with Gasteiger partial charge in [0.1, 0.15) is 17.2 Å². The van der Waals surface area contributed by atoms with E-state index in [1.807, 2.05) is 20.8 Å². The molecule has 0 spiro atoms. The maximum atomic E-state index is 13.7. The number of carbonyl (C=O) groups is 1. The Morgan fingerprint density at radius 1 is 1.23 bits per heavy atom. The highest BCUT2D eigenvalue weighted by Gasteiger charge is 2.27. The molecule has 0 saturated carbocycles. The molecule has 0 aromatic heterocycles. The minimum Gasteiger partial charge on any atom is -0.444 e. The fourth-order valence-corrected chi connectivity index (χ4v) is 2.66. The number of nitrogens with zero attached hydrogens (tertiary/aromatic N) is 1. The van der Waals surface area contributed by atoms with Crippen LogP contribution in [0.3, 0.4) is 0 Å². The predicted molar refractivity (Wildman–Crippen MR) is 80.6 cm³/mol. The summed E-state index contributed by atoms with van der Waals surface area (Å²) in [6.07, 6.45) is 1.52. The first kappa shape index (κ1) is 16.7. The molecular weight excluding hydrogens is 288 g/mol. The lowest BCUT2D eigenvalue weighted by Gasteiger charge is -2.33. The van der Waals surface area contributed by atoms with Crippen LogP contribution in [-0.4, -0.2) is 29.7 Å². The highest BCUT2D eigenvalue weighted by Crippen LogP contribution is 2.25. The van der Waals surface area contributed by atoms with Crippen LogP contribution in [0.4, 0.5) is 13.6 Å². The second kappa shape index (κ2) is 6.63. The molecule has 5 heteroatoms. The Morgan fingerprint density at radius 2 is 1.77 bits per heavy atom. The largest absolute Gasteiger partial charge is 0.444 e. The molecular formula is C17H23F2NO2. The minimum atomic E-state index is -0.510. The van der Waals surface area contributed by atoms with Crippen LogP contribution in [0, 0.1) is 17.6 Å². The summed E-state index contributed by atoms with van der Waals surface area (Å²) in [5.41, 5.74) is -0.359. The van der Waals surface area contributed by atoms with Crippen LogP contribution in [0.2, 0.25) is 0 Å². The fraction of sp³-hybridized carbons (Fsp3) is 0.588. The summed E-state index contributed by atoms with van der Waals surface area (Å²) in [4.78, 5) is 13.6. The monoisotopic (exact) mass is 311 g/mol. The highest BCUT2D eigenvalue weighted by molar-refractivity contribution is 5.68. The Hall–Kier alpha value is -1.65. The Morgan fingerprint density at radius 3 is 2.27 bits per heavy atom. The second-order valence-corrected chi connectivity index (χ2v) is 6.82. The number of rotatable bonds is 2. The third-order valence-corrected chi connectivity index (χ3v) is 3.82. The third-order valence-electron chi connectivity index (χ3n) is 3.82. The first-order valence-corrected chi connectivity index (χ1v) is 7.67. The van der Waals surface area contributed by atoms with Gasteiger partial charge in [0.2, 0.25) is 0 Å². The standard InChI is InChI=1S/C17H23F2NO2/c1-17(2,3)22-16(21)20-9-7-12(8-10-20)11-13-14(18)5-4-6-15(13)19/h4-6,12H,7-11H2,1-3H3. The number of carbonyl (C=O) groups excluding carboxylic acids is 1. The van der Waals surface area contributed by atoms with Gasteiger partial charge in [-0.15, -0.1) is 0 Å². The van der Waals surface area contributed by atoms with Crippen molar-refractivity contribution in [1.29, 1.82) is 0 Å². The van der Waals surface area contributed by atoms with Gasteiger partial charge in [-0.1, -0.05) is 6.07 Å². The number of likely N-dealkylation sites (tertiary alicyclic amines) is 1. The lowest BCUT2D eigenvalue weighted by atomic mass is 9.90. The van der Waals surface area contributed by atoms with Crippen LogP contribution in [0.5, 0.6) is 0 Å². The molecule has 1 fully saturated rings. The van der Waals surface area contributed by atoms with Gasteiger partial charge < -0.3 is 9.64 Å². The molecule has 22 heavy (non-hydrogen) atoms. The van der Waals surface area contributed by atoms with E-state index >= 15 is 0 Å². The molecule has 1 aliphatic rings. The average Bonchev–Trinajstić information content (AvgIpc) is 2.42. The molecule has 0 atom stereocenters. The molecule has 122 valence electrons. The maximum Gasteiger partial charge on any atom is 0.410 e. The number of hydrogen-bond acceptors (Lipinski definition) is 2. The van der Waals surface area contributed by atoms with Crippen molar-refractivity contribution in [3.63, 3.8) is 0 Å². The number of benzene rings is 1. The van der Waals surface area contributed by atoms with Crippen LogP contribution >= 0.6 is 0 Å². The molecule has 1 aromatic carbocycles. The molecule has 0 unspecified atom stereocenters. The van der Waals surface area contributed by atoms with E-state index in [0.29, 0.717) is 19.5 Å². The Kier molecular flexibility index (Phi) is 5.04. The smallest absolute Gasteiger partial charge is 0.410 e. The van der Waals surface area contributed by atoms with Gasteiger partial charge in [0.05, 0.1) is 0 Å². The Labute approximate surface area is 130 Å². The summed E-state index contributed by atoms with van der Waals surface area (Å²) < 4.78 is 32.7. The summed E-state index contributed by atoms with van der Waals surface area (Å²) in [5.74, 6) is -0.797. The summed E-state index contributed by atoms with van der Waals surface area (Å²) in [7, 11) is 0. The SMILES string of the molecule is CC(C)(C)OC(=O)N1CCC(Cc2c(F)cccc2F)CC1. The topological polar surface area (TPSA) is 29.5 Å². The summed E-state index contributed by atoms with van der Waals surface area (Å²) in [5, 5.41) is 0. The number of amides is 1. The molecule has 2 rings (SSSR count). The molecule has 1 aromatic rings. The average molecular weight is 311 g/mol. The van der Waals surface area contributed by atoms with E-state index in [2.05, 4.69) is 0 Å². The number of hydrogen-bond donors (Lipinski definition) is 0. The van der Waals surface area contributed by atoms with Crippen molar-refractivity contribution in [2.24, 2.45) is 5.92 Å². The van der Waals surface area contributed by atoms with E-state index in [-0.39, 0.29) is 17.6 Å². The molecule has 3 nitrogen and oxygen atoms in total. The van der Waals surface area contributed by atoms with Crippen molar-refractivity contribution in [1.82, 2.24) is 4.90 Å². The van der Waals surface area contributed by atoms with Gasteiger partial charge >= 0.3 is 6.09 Å². The maximum absolute atomic E-state index is 13.7. The van der Waals surface area contributed by atoms with Crippen molar-refractivity contribution in [2.45, 2.75) is 45.6 Å². The molecule has 1 aliphatic heterocycles. The lowest BCUT2D eigenvalue weighted by molar-refractivity contribution is 0.0183. The van der Waals surface area contributed by atoms with Crippen LogP contribution in [-0.2, 0) is 11.2 Å². The first-order chi connectivity index (χ1) is 10.3. The quantitative estimate of drug-likeness (QED) is 0.821. The number of ether oxygens (including phenoxy) is 1. The summed E-state index contributed by atoms with van der Waals surface area (Å²) >= 11 is 0. The van der Waals surface area contributed by atoms with E-state index in [1.54, 1.807) is 4.90 Å². The van der Waals surface area contributed by atoms with E-state index in [0.717, 1.165) is 12.8 Å². The van der Waals surface area contributed by atoms with Crippen LogP contribution in [0.1, 0.15) is 39.2 Å².